The maximum absolute atomic E-state index is 12.6. The largest absolute Gasteiger partial charge is 0.477 e. The lowest BCUT2D eigenvalue weighted by Crippen LogP contribution is -2.38. The Morgan fingerprint density at radius 3 is 2.60 bits per heavy atom. The molecule has 8 nitrogen and oxygen atoms in total. The molecule has 1 aromatic carbocycles. The van der Waals surface area contributed by atoms with E-state index in [2.05, 4.69) is 9.97 Å². The summed E-state index contributed by atoms with van der Waals surface area (Å²) in [6.45, 7) is 6.30. The minimum Gasteiger partial charge on any atom is -0.477 e. The number of hydrogen-bond acceptors (Lipinski definition) is 4. The Balaban J connectivity index is 2.32. The van der Waals surface area contributed by atoms with Crippen molar-refractivity contribution >= 4 is 17.0 Å². The van der Waals surface area contributed by atoms with E-state index in [0.29, 0.717) is 5.52 Å². The third kappa shape index (κ3) is 2.55. The van der Waals surface area contributed by atoms with E-state index in [0.717, 1.165) is 22.5 Å². The summed E-state index contributed by atoms with van der Waals surface area (Å²) in [5, 5.41) is 9.33. The Hall–Kier alpha value is -3.16. The molecule has 2 N–H and O–H groups in total. The number of aromatic amines is 1. The van der Waals surface area contributed by atoms with Gasteiger partial charge in [0.2, 0.25) is 0 Å². The fraction of sp³-hybridized carbons (Fsp3) is 0.294. The second-order valence-corrected chi connectivity index (χ2v) is 5.66. The summed E-state index contributed by atoms with van der Waals surface area (Å²) in [5.74, 6) is -0.539. The monoisotopic (exact) mass is 342 g/mol. The molecule has 0 atom stereocenters. The van der Waals surface area contributed by atoms with Crippen molar-refractivity contribution in [2.45, 2.75) is 33.7 Å². The molecular formula is C17H18N4O4. The molecule has 0 unspecified atom stereocenters. The van der Waals surface area contributed by atoms with E-state index in [1.807, 2.05) is 18.4 Å². The van der Waals surface area contributed by atoms with Crippen LogP contribution in [-0.4, -0.2) is 30.2 Å². The molecule has 3 rings (SSSR count). The number of H-pyrrole nitrogens is 1. The predicted octanol–water partition coefficient (Wildman–Crippen LogP) is 1.46. The highest BCUT2D eigenvalue weighted by atomic mass is 16.4. The van der Waals surface area contributed by atoms with Crippen molar-refractivity contribution in [3.63, 3.8) is 0 Å². The summed E-state index contributed by atoms with van der Waals surface area (Å²) in [5.41, 5.74) is -0.0125. The number of carboxylic acid groups (broad SMARTS) is 1. The lowest BCUT2D eigenvalue weighted by atomic mass is 10.2. The summed E-state index contributed by atoms with van der Waals surface area (Å²) < 4.78 is 2.84. The molecule has 0 saturated carbocycles. The molecule has 130 valence electrons. The minimum absolute atomic E-state index is 0.117. The quantitative estimate of drug-likeness (QED) is 0.746. The molecule has 2 heterocycles. The van der Waals surface area contributed by atoms with Crippen LogP contribution < -0.4 is 11.2 Å². The molecule has 0 radical (unpaired) electrons. The number of aromatic nitrogens is 4. The van der Waals surface area contributed by atoms with Crippen molar-refractivity contribution in [1.29, 1.82) is 0 Å². The standard InChI is InChI=1S/C17H18N4O4/c1-4-11-14(16(23)24)15(22)21(17(25)19-11)10-6-7-13-12(8-10)18-9(3)20(13)5-2/h6-8H,4-5H2,1-3H3,(H,19,25)(H,23,24). The lowest BCUT2D eigenvalue weighted by molar-refractivity contribution is 0.0692. The van der Waals surface area contributed by atoms with Gasteiger partial charge in [0, 0.05) is 12.2 Å². The first-order valence-electron chi connectivity index (χ1n) is 7.97. The van der Waals surface area contributed by atoms with Gasteiger partial charge in [-0.25, -0.2) is 19.1 Å². The summed E-state index contributed by atoms with van der Waals surface area (Å²) in [6.07, 6.45) is 0.242. The van der Waals surface area contributed by atoms with Crippen LogP contribution in [0.1, 0.15) is 35.7 Å². The van der Waals surface area contributed by atoms with Gasteiger partial charge in [-0.3, -0.25) is 4.79 Å². The fourth-order valence-corrected chi connectivity index (χ4v) is 3.08. The number of benzene rings is 1. The number of fused-ring (bicyclic) bond motifs is 1. The van der Waals surface area contributed by atoms with Gasteiger partial charge in [0.25, 0.3) is 5.56 Å². The Morgan fingerprint density at radius 1 is 1.28 bits per heavy atom. The molecule has 0 amide bonds. The van der Waals surface area contributed by atoms with Crippen molar-refractivity contribution in [2.24, 2.45) is 0 Å². The van der Waals surface area contributed by atoms with Gasteiger partial charge in [-0.1, -0.05) is 6.92 Å². The maximum atomic E-state index is 12.6. The molecule has 0 fully saturated rings. The number of aryl methyl sites for hydroxylation is 3. The Kier molecular flexibility index (Phi) is 4.03. The van der Waals surface area contributed by atoms with Crippen molar-refractivity contribution < 1.29 is 9.90 Å². The molecular weight excluding hydrogens is 324 g/mol. The maximum Gasteiger partial charge on any atom is 0.343 e. The Labute approximate surface area is 142 Å². The number of carbonyl (C=O) groups is 1. The van der Waals surface area contributed by atoms with E-state index < -0.39 is 22.8 Å². The van der Waals surface area contributed by atoms with Crippen LogP contribution in [0.2, 0.25) is 0 Å². The average molecular weight is 342 g/mol. The van der Waals surface area contributed by atoms with Crippen LogP contribution in [0.15, 0.2) is 27.8 Å². The zero-order valence-corrected chi connectivity index (χ0v) is 14.2. The van der Waals surface area contributed by atoms with E-state index in [1.54, 1.807) is 25.1 Å². The van der Waals surface area contributed by atoms with Crippen LogP contribution in [0.4, 0.5) is 0 Å². The Morgan fingerprint density at radius 2 is 2.00 bits per heavy atom. The van der Waals surface area contributed by atoms with E-state index in [-0.39, 0.29) is 17.8 Å². The van der Waals surface area contributed by atoms with Crippen molar-refractivity contribution in [3.05, 3.63) is 56.1 Å². The van der Waals surface area contributed by atoms with Crippen LogP contribution in [0.3, 0.4) is 0 Å². The van der Waals surface area contributed by atoms with Gasteiger partial charge < -0.3 is 14.7 Å². The molecule has 0 aliphatic heterocycles. The number of nitrogens with zero attached hydrogens (tertiary/aromatic N) is 3. The second kappa shape index (κ2) is 6.04. The van der Waals surface area contributed by atoms with Crippen molar-refractivity contribution in [1.82, 2.24) is 19.1 Å². The number of hydrogen-bond donors (Lipinski definition) is 2. The van der Waals surface area contributed by atoms with Crippen molar-refractivity contribution in [2.75, 3.05) is 0 Å². The van der Waals surface area contributed by atoms with Crippen LogP contribution >= 0.6 is 0 Å². The first kappa shape index (κ1) is 16.7. The SMILES string of the molecule is CCc1[nH]c(=O)n(-c2ccc3c(c2)nc(C)n3CC)c(=O)c1C(=O)O. The summed E-state index contributed by atoms with van der Waals surface area (Å²) in [4.78, 5) is 43.3. The molecule has 25 heavy (non-hydrogen) atoms. The second-order valence-electron chi connectivity index (χ2n) is 5.66. The third-order valence-corrected chi connectivity index (χ3v) is 4.24. The van der Waals surface area contributed by atoms with E-state index in [1.165, 1.54) is 0 Å². The number of nitrogens with one attached hydrogen (secondary N) is 1. The smallest absolute Gasteiger partial charge is 0.343 e. The molecule has 3 aromatic rings. The average Bonchev–Trinajstić information content (AvgIpc) is 2.87. The number of aromatic carboxylic acids is 1. The zero-order valence-electron chi connectivity index (χ0n) is 14.2. The van der Waals surface area contributed by atoms with E-state index >= 15 is 0 Å². The van der Waals surface area contributed by atoms with Gasteiger partial charge >= 0.3 is 11.7 Å². The van der Waals surface area contributed by atoms with Gasteiger partial charge in [0.05, 0.1) is 16.7 Å². The number of carboxylic acids is 1. The molecule has 8 heteroatoms. The van der Waals surface area contributed by atoms with Crippen molar-refractivity contribution in [3.8, 4) is 5.69 Å². The Bertz CT molecular complexity index is 1100. The highest BCUT2D eigenvalue weighted by Gasteiger charge is 2.20. The lowest BCUT2D eigenvalue weighted by Gasteiger charge is -2.09. The summed E-state index contributed by atoms with van der Waals surface area (Å²) in [7, 11) is 0. The molecule has 0 spiro atoms. The number of rotatable bonds is 4. The molecule has 2 aromatic heterocycles. The van der Waals surface area contributed by atoms with E-state index in [4.69, 9.17) is 0 Å². The first-order chi connectivity index (χ1) is 11.9. The molecule has 0 aliphatic carbocycles. The topological polar surface area (TPSA) is 110 Å². The van der Waals surface area contributed by atoms with Gasteiger partial charge in [-0.2, -0.15) is 0 Å². The first-order valence-corrected chi connectivity index (χ1v) is 7.97. The summed E-state index contributed by atoms with van der Waals surface area (Å²) in [6, 6.07) is 5.00. The molecule has 0 saturated heterocycles. The molecule has 0 bridgehead atoms. The van der Waals surface area contributed by atoms with E-state index in [9.17, 15) is 19.5 Å². The number of imidazole rings is 1. The fourth-order valence-electron chi connectivity index (χ4n) is 3.08. The molecule has 0 aliphatic rings. The van der Waals surface area contributed by atoms with Crippen LogP contribution in [0.25, 0.3) is 16.7 Å². The van der Waals surface area contributed by atoms with Gasteiger partial charge in [0.15, 0.2) is 0 Å². The van der Waals surface area contributed by atoms with Crippen LogP contribution in [-0.2, 0) is 13.0 Å². The predicted molar refractivity (Wildman–Crippen MR) is 92.7 cm³/mol. The highest BCUT2D eigenvalue weighted by molar-refractivity contribution is 5.88. The van der Waals surface area contributed by atoms with Crippen LogP contribution in [0, 0.1) is 6.92 Å². The normalized spacial score (nSPS) is 11.2. The van der Waals surface area contributed by atoms with Gasteiger partial charge in [-0.15, -0.1) is 0 Å². The van der Waals surface area contributed by atoms with Crippen LogP contribution in [0.5, 0.6) is 0 Å². The summed E-state index contributed by atoms with van der Waals surface area (Å²) >= 11 is 0. The third-order valence-electron chi connectivity index (χ3n) is 4.24. The minimum atomic E-state index is -1.36. The van der Waals surface area contributed by atoms with Gasteiger partial charge in [-0.05, 0) is 38.5 Å². The van der Waals surface area contributed by atoms with Gasteiger partial charge in [0.1, 0.15) is 11.4 Å². The highest BCUT2D eigenvalue weighted by Crippen LogP contribution is 2.19. The zero-order chi connectivity index (χ0) is 18.3.